The molecule has 0 amide bonds. The van der Waals surface area contributed by atoms with Crippen LogP contribution in [0.25, 0.3) is 0 Å². The summed E-state index contributed by atoms with van der Waals surface area (Å²) in [6.07, 6.45) is 0. The molecule has 5 nitrogen and oxygen atoms in total. The predicted molar refractivity (Wildman–Crippen MR) is 45.1 cm³/mol. The average Bonchev–Trinajstić information content (AvgIpc) is 1.83. The monoisotopic (exact) mass is 233 g/mol. The molecule has 0 N–H and O–H groups in total. The van der Waals surface area contributed by atoms with Gasteiger partial charge < -0.3 is 21.6 Å². The number of likely N-dealkylation sites (N-methyl/N-ethyl adjacent to an activating group) is 1. The summed E-state index contributed by atoms with van der Waals surface area (Å²) in [5.41, 5.74) is 0. The van der Waals surface area contributed by atoms with E-state index >= 15 is 0 Å². The highest BCUT2D eigenvalue weighted by Gasteiger charge is 2.05. The molecule has 0 radical (unpaired) electrons. The fraction of sp³-hybridized carbons (Fsp3) is 1.00. The van der Waals surface area contributed by atoms with E-state index in [1.54, 1.807) is 0 Å². The standard InChI is InChI=1S/C6H16NO4S.ClH/c1-7(2,3)4-5-10-6-11-12(8)9;/h12H,4-6H2,1-3H3;1H/q+1;/p-1. The summed E-state index contributed by atoms with van der Waals surface area (Å²) in [5.74, 6) is 0. The zero-order valence-electron chi connectivity index (χ0n) is 8.03. The third-order valence-electron chi connectivity index (χ3n) is 1.15. The third-order valence-corrected chi connectivity index (χ3v) is 1.46. The van der Waals surface area contributed by atoms with Gasteiger partial charge in [-0.1, -0.05) is 0 Å². The van der Waals surface area contributed by atoms with Gasteiger partial charge in [-0.2, -0.15) is 0 Å². The first-order chi connectivity index (χ1) is 5.42. The van der Waals surface area contributed by atoms with E-state index in [4.69, 9.17) is 4.74 Å². The molecular weight excluding hydrogens is 218 g/mol. The minimum absolute atomic E-state index is 0. The number of rotatable bonds is 6. The molecule has 0 aromatic carbocycles. The van der Waals surface area contributed by atoms with Crippen molar-refractivity contribution in [2.24, 2.45) is 0 Å². The lowest BCUT2D eigenvalue weighted by atomic mass is 10.5. The van der Waals surface area contributed by atoms with Crippen molar-refractivity contribution in [3.63, 3.8) is 0 Å². The maximum atomic E-state index is 9.89. The molecule has 0 spiro atoms. The molecule has 13 heavy (non-hydrogen) atoms. The van der Waals surface area contributed by atoms with Crippen molar-refractivity contribution in [3.05, 3.63) is 0 Å². The first-order valence-electron chi connectivity index (χ1n) is 3.57. The highest BCUT2D eigenvalue weighted by atomic mass is 35.5. The van der Waals surface area contributed by atoms with E-state index < -0.39 is 11.0 Å². The van der Waals surface area contributed by atoms with Crippen LogP contribution in [0.5, 0.6) is 0 Å². The third kappa shape index (κ3) is 14.9. The first kappa shape index (κ1) is 15.6. The summed E-state index contributed by atoms with van der Waals surface area (Å²) < 4.78 is 29.6. The normalized spacial score (nSPS) is 11.4. The van der Waals surface area contributed by atoms with E-state index in [1.807, 2.05) is 21.1 Å². The van der Waals surface area contributed by atoms with E-state index in [2.05, 4.69) is 4.18 Å². The second-order valence-corrected chi connectivity index (χ2v) is 4.10. The summed E-state index contributed by atoms with van der Waals surface area (Å²) in [5, 5.41) is 0. The minimum Gasteiger partial charge on any atom is -1.00 e. The van der Waals surface area contributed by atoms with Gasteiger partial charge in [-0.15, -0.1) is 0 Å². The molecule has 0 rings (SSSR count). The second kappa shape index (κ2) is 7.52. The lowest BCUT2D eigenvalue weighted by Crippen LogP contribution is -3.00. The molecule has 0 fully saturated rings. The minimum atomic E-state index is -2.78. The molecule has 0 aromatic heterocycles. The molecule has 0 atom stereocenters. The lowest BCUT2D eigenvalue weighted by Gasteiger charge is -2.23. The Kier molecular flexibility index (Phi) is 9.01. The van der Waals surface area contributed by atoms with E-state index in [9.17, 15) is 8.42 Å². The first-order valence-corrected chi connectivity index (χ1v) is 4.67. The topological polar surface area (TPSA) is 52.6 Å². The number of halogens is 1. The second-order valence-electron chi connectivity index (χ2n) is 3.39. The Morgan fingerprint density at radius 1 is 1.23 bits per heavy atom. The fourth-order valence-corrected chi connectivity index (χ4v) is 0.638. The van der Waals surface area contributed by atoms with Gasteiger partial charge in [0, 0.05) is 0 Å². The van der Waals surface area contributed by atoms with Crippen LogP contribution in [0, 0.1) is 0 Å². The van der Waals surface area contributed by atoms with Gasteiger partial charge in [0.25, 0.3) is 11.0 Å². The molecule has 0 aliphatic rings. The summed E-state index contributed by atoms with van der Waals surface area (Å²) in [6, 6.07) is 0. The SMILES string of the molecule is C[N+](C)(C)CCOCO[SH](=O)=O.[Cl-]. The number of hydrogen-bond acceptors (Lipinski definition) is 4. The Bertz CT molecular complexity index is 182. The molecule has 0 aliphatic carbocycles. The van der Waals surface area contributed by atoms with Crippen LogP contribution in [-0.2, 0) is 19.9 Å². The number of quaternary nitrogens is 1. The smallest absolute Gasteiger partial charge is 0.259 e. The van der Waals surface area contributed by atoms with Crippen LogP contribution >= 0.6 is 0 Å². The van der Waals surface area contributed by atoms with Crippen molar-refractivity contribution in [3.8, 4) is 0 Å². The number of ether oxygens (including phenoxy) is 1. The number of hydrogen-bond donors (Lipinski definition) is 1. The number of nitrogens with zero attached hydrogens (tertiary/aromatic N) is 1. The molecule has 0 saturated carbocycles. The van der Waals surface area contributed by atoms with Crippen LogP contribution in [-0.4, -0.2) is 54.0 Å². The average molecular weight is 234 g/mol. The van der Waals surface area contributed by atoms with E-state index in [1.165, 1.54) is 0 Å². The predicted octanol–water partition coefficient (Wildman–Crippen LogP) is -3.79. The van der Waals surface area contributed by atoms with Crippen molar-refractivity contribution < 1.29 is 34.2 Å². The zero-order valence-corrected chi connectivity index (χ0v) is 9.68. The van der Waals surface area contributed by atoms with Crippen LogP contribution in [0.4, 0.5) is 0 Å². The van der Waals surface area contributed by atoms with Crippen LogP contribution in [0.2, 0.25) is 0 Å². The van der Waals surface area contributed by atoms with Crippen LogP contribution in [0.15, 0.2) is 0 Å². The highest BCUT2D eigenvalue weighted by molar-refractivity contribution is 7.67. The molecule has 0 aliphatic heterocycles. The molecule has 0 bridgehead atoms. The van der Waals surface area contributed by atoms with E-state index in [0.29, 0.717) is 6.61 Å². The van der Waals surface area contributed by atoms with E-state index in [0.717, 1.165) is 11.0 Å². The maximum Gasteiger partial charge on any atom is 0.259 e. The van der Waals surface area contributed by atoms with Crippen LogP contribution in [0.1, 0.15) is 0 Å². The zero-order chi connectivity index (χ0) is 9.61. The van der Waals surface area contributed by atoms with Gasteiger partial charge in [0.1, 0.15) is 6.54 Å². The van der Waals surface area contributed by atoms with Gasteiger partial charge in [0.05, 0.1) is 27.7 Å². The Morgan fingerprint density at radius 2 is 1.77 bits per heavy atom. The molecule has 0 saturated heterocycles. The lowest BCUT2D eigenvalue weighted by molar-refractivity contribution is -0.870. The molecule has 0 heterocycles. The van der Waals surface area contributed by atoms with Crippen LogP contribution < -0.4 is 12.4 Å². The largest absolute Gasteiger partial charge is 1.00 e. The van der Waals surface area contributed by atoms with Crippen molar-refractivity contribution in [1.82, 2.24) is 0 Å². The quantitative estimate of drug-likeness (QED) is 0.221. The van der Waals surface area contributed by atoms with Gasteiger partial charge >= 0.3 is 0 Å². The van der Waals surface area contributed by atoms with Crippen molar-refractivity contribution in [2.45, 2.75) is 0 Å². The van der Waals surface area contributed by atoms with Gasteiger partial charge in [0.2, 0.25) is 0 Å². The molecule has 7 heteroatoms. The van der Waals surface area contributed by atoms with Crippen molar-refractivity contribution in [2.75, 3.05) is 41.1 Å². The molecule has 0 unspecified atom stereocenters. The van der Waals surface area contributed by atoms with Gasteiger partial charge in [-0.05, 0) is 0 Å². The Hall–Kier alpha value is 0.120. The Labute approximate surface area is 86.8 Å². The molecular formula is C6H16ClNO4S. The van der Waals surface area contributed by atoms with Crippen LogP contribution in [0.3, 0.4) is 0 Å². The number of thiol groups is 1. The fourth-order valence-electron chi connectivity index (χ4n) is 0.478. The van der Waals surface area contributed by atoms with Crippen molar-refractivity contribution >= 4 is 11.0 Å². The highest BCUT2D eigenvalue weighted by Crippen LogP contribution is 1.89. The van der Waals surface area contributed by atoms with E-state index in [-0.39, 0.29) is 19.2 Å². The van der Waals surface area contributed by atoms with Gasteiger partial charge in [-0.3, -0.25) is 0 Å². The summed E-state index contributed by atoms with van der Waals surface area (Å²) in [6.45, 7) is 1.13. The Balaban J connectivity index is 0. The summed E-state index contributed by atoms with van der Waals surface area (Å²) in [4.78, 5) is 0. The van der Waals surface area contributed by atoms with Gasteiger partial charge in [-0.25, -0.2) is 12.6 Å². The summed E-state index contributed by atoms with van der Waals surface area (Å²) >= 11 is 0. The van der Waals surface area contributed by atoms with Gasteiger partial charge in [0.15, 0.2) is 6.79 Å². The molecule has 82 valence electrons. The Morgan fingerprint density at radius 3 is 2.15 bits per heavy atom. The molecule has 0 aromatic rings. The van der Waals surface area contributed by atoms with Crippen molar-refractivity contribution in [1.29, 1.82) is 0 Å². The summed E-state index contributed by atoms with van der Waals surface area (Å²) in [7, 11) is 3.30. The maximum absolute atomic E-state index is 9.89.